The Bertz CT molecular complexity index is 217. The molecule has 0 aromatic heterocycles. The van der Waals surface area contributed by atoms with Gasteiger partial charge in [0.15, 0.2) is 0 Å². The Labute approximate surface area is 96.6 Å². The zero-order chi connectivity index (χ0) is 12.0. The van der Waals surface area contributed by atoms with Crippen molar-refractivity contribution >= 4 is 5.97 Å². The molecule has 1 fully saturated rings. The van der Waals surface area contributed by atoms with Gasteiger partial charge in [0, 0.05) is 19.7 Å². The van der Waals surface area contributed by atoms with Crippen LogP contribution in [0.15, 0.2) is 0 Å². The number of aliphatic carboxylic acids is 1. The highest BCUT2D eigenvalue weighted by Gasteiger charge is 2.19. The van der Waals surface area contributed by atoms with E-state index in [1.165, 1.54) is 0 Å². The lowest BCUT2D eigenvalue weighted by molar-refractivity contribution is -0.138. The van der Waals surface area contributed by atoms with Crippen molar-refractivity contribution in [2.45, 2.75) is 38.3 Å². The van der Waals surface area contributed by atoms with Gasteiger partial charge in [-0.15, -0.1) is 0 Å². The summed E-state index contributed by atoms with van der Waals surface area (Å²) in [5, 5.41) is 8.68. The van der Waals surface area contributed by atoms with E-state index in [1.807, 2.05) is 0 Å². The summed E-state index contributed by atoms with van der Waals surface area (Å²) >= 11 is 0. The third-order valence-electron chi connectivity index (χ3n) is 3.01. The highest BCUT2D eigenvalue weighted by molar-refractivity contribution is 5.72. The predicted molar refractivity (Wildman–Crippen MR) is 61.3 cm³/mol. The van der Waals surface area contributed by atoms with Gasteiger partial charge in [0.1, 0.15) is 6.04 Å². The number of likely N-dealkylation sites (N-methyl/N-ethyl adjacent to an activating group) is 1. The molecule has 5 heteroatoms. The number of carbonyl (C=O) groups is 1. The molecule has 2 unspecified atom stereocenters. The van der Waals surface area contributed by atoms with E-state index < -0.39 is 12.0 Å². The molecule has 94 valence electrons. The summed E-state index contributed by atoms with van der Waals surface area (Å²) in [6.45, 7) is 5.46. The number of rotatable bonds is 7. The number of carboxylic acids is 1. The van der Waals surface area contributed by atoms with Crippen LogP contribution >= 0.6 is 0 Å². The summed E-state index contributed by atoms with van der Waals surface area (Å²) in [4.78, 5) is 12.8. The first kappa shape index (κ1) is 13.4. The number of nitrogens with two attached hydrogens (primary N) is 1. The first-order chi connectivity index (χ1) is 7.63. The molecule has 0 aromatic carbocycles. The van der Waals surface area contributed by atoms with Crippen LogP contribution in [0.3, 0.4) is 0 Å². The van der Waals surface area contributed by atoms with Crippen LogP contribution in [-0.2, 0) is 9.53 Å². The minimum atomic E-state index is -0.923. The first-order valence-corrected chi connectivity index (χ1v) is 5.95. The molecule has 16 heavy (non-hydrogen) atoms. The highest BCUT2D eigenvalue weighted by atomic mass is 16.5. The Morgan fingerprint density at radius 3 is 2.94 bits per heavy atom. The Kier molecular flexibility index (Phi) is 5.73. The van der Waals surface area contributed by atoms with Gasteiger partial charge in [-0.05, 0) is 25.8 Å². The molecule has 0 aromatic rings. The number of ether oxygens (including phenoxy) is 1. The smallest absolute Gasteiger partial charge is 0.320 e. The molecular formula is C11H22N2O3. The predicted octanol–water partition coefficient (Wildman–Crippen LogP) is 0.289. The van der Waals surface area contributed by atoms with Crippen LogP contribution in [0.5, 0.6) is 0 Å². The van der Waals surface area contributed by atoms with Crippen molar-refractivity contribution in [3.63, 3.8) is 0 Å². The molecule has 0 spiro atoms. The minimum Gasteiger partial charge on any atom is -0.480 e. The van der Waals surface area contributed by atoms with Gasteiger partial charge >= 0.3 is 5.97 Å². The van der Waals surface area contributed by atoms with Crippen molar-refractivity contribution < 1.29 is 14.6 Å². The number of nitrogens with zero attached hydrogens (tertiary/aromatic N) is 1. The summed E-state index contributed by atoms with van der Waals surface area (Å²) in [5.41, 5.74) is 5.47. The van der Waals surface area contributed by atoms with Crippen LogP contribution in [0.4, 0.5) is 0 Å². The molecule has 1 aliphatic heterocycles. The molecule has 0 saturated carbocycles. The maximum atomic E-state index is 10.6. The van der Waals surface area contributed by atoms with Gasteiger partial charge in [-0.1, -0.05) is 6.92 Å². The third-order valence-corrected chi connectivity index (χ3v) is 3.01. The molecule has 0 amide bonds. The van der Waals surface area contributed by atoms with Gasteiger partial charge in [-0.25, -0.2) is 0 Å². The first-order valence-electron chi connectivity index (χ1n) is 5.95. The van der Waals surface area contributed by atoms with E-state index in [1.54, 1.807) is 0 Å². The molecule has 0 bridgehead atoms. The van der Waals surface area contributed by atoms with Crippen LogP contribution < -0.4 is 5.73 Å². The Morgan fingerprint density at radius 1 is 1.69 bits per heavy atom. The molecule has 0 radical (unpaired) electrons. The summed E-state index contributed by atoms with van der Waals surface area (Å²) in [5.74, 6) is -0.923. The lowest BCUT2D eigenvalue weighted by atomic mass is 10.2. The van der Waals surface area contributed by atoms with Crippen molar-refractivity contribution in [3.8, 4) is 0 Å². The van der Waals surface area contributed by atoms with E-state index in [9.17, 15) is 4.79 Å². The maximum absolute atomic E-state index is 10.6. The Balaban J connectivity index is 2.22. The Hall–Kier alpha value is -0.650. The van der Waals surface area contributed by atoms with Crippen LogP contribution in [0, 0.1) is 0 Å². The second-order valence-electron chi connectivity index (χ2n) is 4.26. The fraction of sp³-hybridized carbons (Fsp3) is 0.909. The fourth-order valence-corrected chi connectivity index (χ4v) is 1.90. The van der Waals surface area contributed by atoms with Crippen molar-refractivity contribution in [1.29, 1.82) is 0 Å². The van der Waals surface area contributed by atoms with Crippen molar-refractivity contribution in [1.82, 2.24) is 4.90 Å². The quantitative estimate of drug-likeness (QED) is 0.657. The summed E-state index contributed by atoms with van der Waals surface area (Å²) in [7, 11) is 0. The van der Waals surface area contributed by atoms with E-state index >= 15 is 0 Å². The molecule has 3 N–H and O–H groups in total. The van der Waals surface area contributed by atoms with Gasteiger partial charge in [-0.2, -0.15) is 0 Å². The van der Waals surface area contributed by atoms with E-state index in [2.05, 4.69) is 11.8 Å². The molecule has 1 heterocycles. The highest BCUT2D eigenvalue weighted by Crippen LogP contribution is 2.13. The van der Waals surface area contributed by atoms with Crippen molar-refractivity contribution in [2.75, 3.05) is 26.2 Å². The zero-order valence-electron chi connectivity index (χ0n) is 9.89. The molecule has 1 saturated heterocycles. The van der Waals surface area contributed by atoms with Gasteiger partial charge in [0.05, 0.1) is 6.10 Å². The normalized spacial score (nSPS) is 22.6. The number of carboxylic acid groups (broad SMARTS) is 1. The van der Waals surface area contributed by atoms with Crippen LogP contribution in [0.2, 0.25) is 0 Å². The fourth-order valence-electron chi connectivity index (χ4n) is 1.90. The minimum absolute atomic E-state index is 0.320. The zero-order valence-corrected chi connectivity index (χ0v) is 9.89. The topological polar surface area (TPSA) is 75.8 Å². The third kappa shape index (κ3) is 4.47. The van der Waals surface area contributed by atoms with E-state index in [4.69, 9.17) is 15.6 Å². The lowest BCUT2D eigenvalue weighted by Crippen LogP contribution is -2.38. The summed E-state index contributed by atoms with van der Waals surface area (Å²) in [6.07, 6.45) is 3.06. The van der Waals surface area contributed by atoms with Crippen LogP contribution in [0.1, 0.15) is 26.2 Å². The molecular weight excluding hydrogens is 208 g/mol. The summed E-state index contributed by atoms with van der Waals surface area (Å²) < 4.78 is 5.55. The molecule has 1 aliphatic rings. The van der Waals surface area contributed by atoms with Gasteiger partial charge in [-0.3, -0.25) is 4.79 Å². The van der Waals surface area contributed by atoms with Gasteiger partial charge in [0.25, 0.3) is 0 Å². The maximum Gasteiger partial charge on any atom is 0.320 e. The average Bonchev–Trinajstić information content (AvgIpc) is 2.76. The molecule has 2 atom stereocenters. The van der Waals surface area contributed by atoms with E-state index in [0.29, 0.717) is 12.5 Å². The Morgan fingerprint density at radius 2 is 2.44 bits per heavy atom. The SMILES string of the molecule is CCN(CCC(N)C(=O)O)CC1CCCO1. The van der Waals surface area contributed by atoms with Crippen LogP contribution in [-0.4, -0.2) is 54.4 Å². The van der Waals surface area contributed by atoms with Crippen molar-refractivity contribution in [3.05, 3.63) is 0 Å². The molecule has 1 rings (SSSR count). The van der Waals surface area contributed by atoms with Crippen LogP contribution in [0.25, 0.3) is 0 Å². The largest absolute Gasteiger partial charge is 0.480 e. The lowest BCUT2D eigenvalue weighted by Gasteiger charge is -2.24. The summed E-state index contributed by atoms with van der Waals surface area (Å²) in [6, 6.07) is -0.751. The molecule has 5 nitrogen and oxygen atoms in total. The van der Waals surface area contributed by atoms with Crippen molar-refractivity contribution in [2.24, 2.45) is 5.73 Å². The van der Waals surface area contributed by atoms with Gasteiger partial charge in [0.2, 0.25) is 0 Å². The second-order valence-corrected chi connectivity index (χ2v) is 4.26. The average molecular weight is 230 g/mol. The standard InChI is InChI=1S/C11H22N2O3/c1-2-13(6-5-10(12)11(14)15)8-9-4-3-7-16-9/h9-10H,2-8,12H2,1H3,(H,14,15). The number of hydrogen-bond acceptors (Lipinski definition) is 4. The molecule has 0 aliphatic carbocycles. The van der Waals surface area contributed by atoms with Gasteiger partial charge < -0.3 is 20.5 Å². The number of hydrogen-bond donors (Lipinski definition) is 2. The second kappa shape index (κ2) is 6.83. The van der Waals surface area contributed by atoms with E-state index in [-0.39, 0.29) is 0 Å². The van der Waals surface area contributed by atoms with E-state index in [0.717, 1.165) is 39.1 Å². The monoisotopic (exact) mass is 230 g/mol.